The van der Waals surface area contributed by atoms with Gasteiger partial charge in [-0.15, -0.1) is 0 Å². The molecule has 2 nitrogen and oxygen atoms in total. The monoisotopic (exact) mass is 310 g/mol. The first-order chi connectivity index (χ1) is 8.56. The molecule has 4 heteroatoms. The third-order valence-electron chi connectivity index (χ3n) is 2.90. The first-order valence-electron chi connectivity index (χ1n) is 5.54. The van der Waals surface area contributed by atoms with Crippen molar-refractivity contribution in [2.75, 3.05) is 0 Å². The number of hydrogen-bond acceptors (Lipinski definition) is 2. The van der Waals surface area contributed by atoms with Crippen LogP contribution >= 0.6 is 15.9 Å². The van der Waals surface area contributed by atoms with E-state index in [2.05, 4.69) is 22.5 Å². The van der Waals surface area contributed by atoms with Crippen LogP contribution in [-0.4, -0.2) is 11.9 Å². The highest BCUT2D eigenvalue weighted by Crippen LogP contribution is 2.34. The number of carbonyl (C=O) groups is 1. The Bertz CT molecular complexity index is 549. The van der Waals surface area contributed by atoms with Crippen LogP contribution in [0, 0.1) is 5.82 Å². The van der Waals surface area contributed by atoms with Crippen molar-refractivity contribution in [1.29, 1.82) is 0 Å². The van der Waals surface area contributed by atoms with E-state index < -0.39 is 5.82 Å². The Morgan fingerprint density at radius 1 is 1.61 bits per heavy atom. The van der Waals surface area contributed by atoms with Gasteiger partial charge >= 0.3 is 0 Å². The lowest BCUT2D eigenvalue weighted by molar-refractivity contribution is 0.0886. The number of rotatable bonds is 2. The Morgan fingerprint density at radius 3 is 2.94 bits per heavy atom. The van der Waals surface area contributed by atoms with Gasteiger partial charge in [-0.2, -0.15) is 0 Å². The number of hydrogen-bond donors (Lipinski definition) is 0. The lowest BCUT2D eigenvalue weighted by Gasteiger charge is -2.26. The predicted octanol–water partition coefficient (Wildman–Crippen LogP) is 4.05. The molecule has 94 valence electrons. The second kappa shape index (κ2) is 5.06. The second-order valence-corrected chi connectivity index (χ2v) is 4.84. The molecule has 1 heterocycles. The highest BCUT2D eigenvalue weighted by Gasteiger charge is 2.28. The number of Topliss-reactive ketones (excluding diaryl/α,β-unsaturated/α-hetero) is 1. The average Bonchev–Trinajstić information content (AvgIpc) is 2.33. The molecule has 0 fully saturated rings. The molecule has 0 N–H and O–H groups in total. The van der Waals surface area contributed by atoms with E-state index in [0.29, 0.717) is 5.56 Å². The maximum atomic E-state index is 13.5. The molecule has 0 bridgehead atoms. The van der Waals surface area contributed by atoms with Crippen LogP contribution in [0.3, 0.4) is 0 Å². The predicted molar refractivity (Wildman–Crippen MR) is 71.4 cm³/mol. The maximum Gasteiger partial charge on any atom is 0.170 e. The summed E-state index contributed by atoms with van der Waals surface area (Å²) in [5, 5.41) is 0. The first-order valence-corrected chi connectivity index (χ1v) is 6.33. The number of halogens is 2. The van der Waals surface area contributed by atoms with Crippen LogP contribution in [0.15, 0.2) is 40.9 Å². The number of fused-ring (bicyclic) bond motifs is 1. The summed E-state index contributed by atoms with van der Waals surface area (Å²) >= 11 is 3.06. The summed E-state index contributed by atoms with van der Waals surface area (Å²) in [6.45, 7) is 5.53. The molecular formula is C14H12BrFO2. The number of benzene rings is 1. The largest absolute Gasteiger partial charge is 0.484 e. The third-order valence-corrected chi connectivity index (χ3v) is 3.51. The van der Waals surface area contributed by atoms with Gasteiger partial charge in [0.15, 0.2) is 5.78 Å². The molecule has 0 aromatic heterocycles. The van der Waals surface area contributed by atoms with Crippen molar-refractivity contribution in [1.82, 2.24) is 0 Å². The van der Waals surface area contributed by atoms with Crippen molar-refractivity contribution in [3.8, 4) is 5.75 Å². The lowest BCUT2D eigenvalue weighted by atomic mass is 9.96. The summed E-state index contributed by atoms with van der Waals surface area (Å²) in [4.78, 5) is 12.0. The molecule has 0 amide bonds. The maximum absolute atomic E-state index is 13.5. The van der Waals surface area contributed by atoms with Gasteiger partial charge in [-0.25, -0.2) is 4.39 Å². The van der Waals surface area contributed by atoms with E-state index in [0.717, 1.165) is 5.57 Å². The summed E-state index contributed by atoms with van der Waals surface area (Å²) in [5.74, 6) is -0.205. The molecule has 0 aliphatic carbocycles. The van der Waals surface area contributed by atoms with Crippen LogP contribution in [0.25, 0.3) is 0 Å². The molecule has 18 heavy (non-hydrogen) atoms. The highest BCUT2D eigenvalue weighted by atomic mass is 79.9. The molecule has 2 rings (SSSR count). The smallest absolute Gasteiger partial charge is 0.170 e. The van der Waals surface area contributed by atoms with Gasteiger partial charge in [0, 0.05) is 6.07 Å². The molecule has 1 aliphatic rings. The molecule has 0 saturated carbocycles. The van der Waals surface area contributed by atoms with E-state index in [-0.39, 0.29) is 28.5 Å². The molecular weight excluding hydrogens is 299 g/mol. The van der Waals surface area contributed by atoms with Gasteiger partial charge in [-0.1, -0.05) is 18.7 Å². The van der Waals surface area contributed by atoms with E-state index in [1.54, 1.807) is 6.08 Å². The Kier molecular flexibility index (Phi) is 3.66. The van der Waals surface area contributed by atoms with Gasteiger partial charge in [-0.05, 0) is 34.5 Å². The minimum absolute atomic E-state index is 0.0526. The van der Waals surface area contributed by atoms with Crippen molar-refractivity contribution in [3.63, 3.8) is 0 Å². The normalized spacial score (nSPS) is 19.2. The van der Waals surface area contributed by atoms with E-state index in [9.17, 15) is 9.18 Å². The zero-order valence-electron chi connectivity index (χ0n) is 9.87. The molecule has 1 aliphatic heterocycles. The summed E-state index contributed by atoms with van der Waals surface area (Å²) in [6.07, 6.45) is 3.35. The number of ketones is 1. The minimum Gasteiger partial charge on any atom is -0.484 e. The van der Waals surface area contributed by atoms with Crippen LogP contribution in [0.1, 0.15) is 23.7 Å². The van der Waals surface area contributed by atoms with Crippen LogP contribution in [0.2, 0.25) is 0 Å². The fourth-order valence-electron chi connectivity index (χ4n) is 1.94. The van der Waals surface area contributed by atoms with E-state index in [4.69, 9.17) is 4.74 Å². The molecule has 0 saturated heterocycles. The second-order valence-electron chi connectivity index (χ2n) is 3.99. The van der Waals surface area contributed by atoms with Crippen molar-refractivity contribution in [3.05, 3.63) is 52.3 Å². The summed E-state index contributed by atoms with van der Waals surface area (Å²) in [6, 6.07) is 2.70. The highest BCUT2D eigenvalue weighted by molar-refractivity contribution is 9.10. The number of ether oxygens (including phenoxy) is 1. The number of carbonyl (C=O) groups excluding carboxylic acids is 1. The molecule has 0 spiro atoms. The molecule has 1 atom stereocenters. The van der Waals surface area contributed by atoms with Crippen molar-refractivity contribution in [2.24, 2.45) is 0 Å². The SMILES string of the molecule is C=C/C(=C\C)C1CC(=O)c2cc(Br)c(F)cc2O1. The van der Waals surface area contributed by atoms with Crippen molar-refractivity contribution < 1.29 is 13.9 Å². The summed E-state index contributed by atoms with van der Waals surface area (Å²) in [7, 11) is 0. The molecule has 1 aromatic rings. The van der Waals surface area contributed by atoms with E-state index >= 15 is 0 Å². The number of allylic oxidation sites excluding steroid dienone is 1. The topological polar surface area (TPSA) is 26.3 Å². The van der Waals surface area contributed by atoms with Crippen LogP contribution in [0.4, 0.5) is 4.39 Å². The van der Waals surface area contributed by atoms with Crippen LogP contribution < -0.4 is 4.74 Å². The van der Waals surface area contributed by atoms with Gasteiger partial charge in [-0.3, -0.25) is 4.79 Å². The minimum atomic E-state index is -0.442. The molecule has 1 unspecified atom stereocenters. The Labute approximate surface area is 113 Å². The fraction of sp³-hybridized carbons (Fsp3) is 0.214. The van der Waals surface area contributed by atoms with Crippen molar-refractivity contribution >= 4 is 21.7 Å². The van der Waals surface area contributed by atoms with Crippen LogP contribution in [0.5, 0.6) is 5.75 Å². The summed E-state index contributed by atoms with van der Waals surface area (Å²) < 4.78 is 19.4. The Hall–Kier alpha value is -1.42. The average molecular weight is 311 g/mol. The Balaban J connectivity index is 2.42. The van der Waals surface area contributed by atoms with Gasteiger partial charge in [0.05, 0.1) is 16.5 Å². The summed E-state index contributed by atoms with van der Waals surface area (Å²) in [5.41, 5.74) is 1.25. The molecule has 0 radical (unpaired) electrons. The van der Waals surface area contributed by atoms with Gasteiger partial charge in [0.25, 0.3) is 0 Å². The van der Waals surface area contributed by atoms with Crippen molar-refractivity contribution in [2.45, 2.75) is 19.4 Å². The zero-order valence-corrected chi connectivity index (χ0v) is 11.5. The van der Waals surface area contributed by atoms with Gasteiger partial charge in [0.1, 0.15) is 17.7 Å². The fourth-order valence-corrected chi connectivity index (χ4v) is 2.28. The zero-order chi connectivity index (χ0) is 13.3. The van der Waals surface area contributed by atoms with Gasteiger partial charge < -0.3 is 4.74 Å². The van der Waals surface area contributed by atoms with E-state index in [1.807, 2.05) is 13.0 Å². The lowest BCUT2D eigenvalue weighted by Crippen LogP contribution is -2.28. The van der Waals surface area contributed by atoms with Crippen LogP contribution in [-0.2, 0) is 0 Å². The van der Waals surface area contributed by atoms with E-state index in [1.165, 1.54) is 12.1 Å². The molecule has 1 aromatic carbocycles. The first kappa shape index (κ1) is 13.0. The third kappa shape index (κ3) is 2.25. The quantitative estimate of drug-likeness (QED) is 0.770. The Morgan fingerprint density at radius 2 is 2.33 bits per heavy atom. The standard InChI is InChI=1S/C14H12BrFO2/c1-3-8(4-2)13-7-12(17)9-5-10(15)11(16)6-14(9)18-13/h3-6,13H,1,7H2,2H3/b8-4+. The van der Waals surface area contributed by atoms with Gasteiger partial charge in [0.2, 0.25) is 0 Å².